The molecule has 0 fully saturated rings. The topological polar surface area (TPSA) is 105 Å². The van der Waals surface area contributed by atoms with E-state index in [2.05, 4.69) is 5.32 Å². The van der Waals surface area contributed by atoms with Gasteiger partial charge in [0.05, 0.1) is 11.9 Å². The number of sulfonamides is 1. The molecule has 0 saturated heterocycles. The van der Waals surface area contributed by atoms with E-state index < -0.39 is 16.1 Å². The fourth-order valence-electron chi connectivity index (χ4n) is 4.83. The largest absolute Gasteiger partial charge is 0.454 e. The number of hydrogen-bond donors (Lipinski definition) is 1. The van der Waals surface area contributed by atoms with Gasteiger partial charge >= 0.3 is 0 Å². The maximum absolute atomic E-state index is 14.0. The van der Waals surface area contributed by atoms with Crippen molar-refractivity contribution in [2.75, 3.05) is 30.4 Å². The maximum atomic E-state index is 14.0. The summed E-state index contributed by atoms with van der Waals surface area (Å²) in [5, 5.41) is 3.49. The molecule has 1 aliphatic rings. The van der Waals surface area contributed by atoms with Gasteiger partial charge in [0, 0.05) is 43.6 Å². The predicted octanol–water partition coefficient (Wildman–Crippen LogP) is 5.03. The lowest BCUT2D eigenvalue weighted by Crippen LogP contribution is -2.51. The Morgan fingerprint density at radius 2 is 1.67 bits per heavy atom. The first-order valence-corrected chi connectivity index (χ1v) is 16.5. The van der Waals surface area contributed by atoms with Crippen LogP contribution in [0.4, 0.5) is 5.69 Å². The molecule has 0 unspecified atom stereocenters. The number of nitrogens with one attached hydrogen (secondary N) is 1. The highest BCUT2D eigenvalue weighted by molar-refractivity contribution is 7.92. The minimum absolute atomic E-state index is 0.0176. The van der Waals surface area contributed by atoms with Gasteiger partial charge in [-0.15, -0.1) is 0 Å². The van der Waals surface area contributed by atoms with Crippen LogP contribution in [-0.2, 0) is 32.6 Å². The number of ether oxygens (including phenoxy) is 2. The van der Waals surface area contributed by atoms with E-state index >= 15 is 0 Å². The Morgan fingerprint density at radius 1 is 0.977 bits per heavy atom. The molecule has 43 heavy (non-hydrogen) atoms. The molecule has 1 N–H and O–H groups in total. The van der Waals surface area contributed by atoms with Crippen LogP contribution in [-0.4, -0.2) is 57.3 Å². The van der Waals surface area contributed by atoms with E-state index in [1.165, 1.54) is 4.31 Å². The molecule has 0 radical (unpaired) electrons. The number of rotatable bonds is 14. The number of amides is 2. The van der Waals surface area contributed by atoms with Crippen molar-refractivity contribution >= 4 is 39.1 Å². The molecule has 1 aliphatic heterocycles. The highest BCUT2D eigenvalue weighted by Crippen LogP contribution is 2.36. The standard InChI is InChI=1S/C32H38ClN3O6S/c1-23(2)20-34-32(38)28(18-24-10-5-4-6-11-24)35(21-25-12-7-8-13-27(25)33)31(37)14-9-17-36(43(3,39)40)26-15-16-29-30(19-26)42-22-41-29/h4-8,10-13,15-16,19,23,28H,9,14,17-18,20-22H2,1-3H3,(H,34,38)/t28-/m0/s1. The third kappa shape index (κ3) is 8.87. The maximum Gasteiger partial charge on any atom is 0.243 e. The molecule has 4 rings (SSSR count). The zero-order valence-electron chi connectivity index (χ0n) is 24.7. The molecule has 0 saturated carbocycles. The average molecular weight is 628 g/mol. The second-order valence-corrected chi connectivity index (χ2v) is 13.2. The van der Waals surface area contributed by atoms with Crippen LogP contribution in [0, 0.1) is 5.92 Å². The molecular formula is C32H38ClN3O6S. The van der Waals surface area contributed by atoms with Crippen LogP contribution in [0.15, 0.2) is 72.8 Å². The van der Waals surface area contributed by atoms with Crippen molar-refractivity contribution in [1.29, 1.82) is 0 Å². The third-order valence-electron chi connectivity index (χ3n) is 7.05. The van der Waals surface area contributed by atoms with Gasteiger partial charge < -0.3 is 19.7 Å². The summed E-state index contributed by atoms with van der Waals surface area (Å²) in [5.74, 6) is 0.704. The van der Waals surface area contributed by atoms with Crippen LogP contribution in [0.3, 0.4) is 0 Å². The van der Waals surface area contributed by atoms with Gasteiger partial charge in [-0.2, -0.15) is 0 Å². The van der Waals surface area contributed by atoms with Crippen LogP contribution in [0.5, 0.6) is 11.5 Å². The van der Waals surface area contributed by atoms with Crippen molar-refractivity contribution < 1.29 is 27.5 Å². The summed E-state index contributed by atoms with van der Waals surface area (Å²) in [6.45, 7) is 4.75. The number of halogens is 1. The van der Waals surface area contributed by atoms with Gasteiger partial charge in [0.15, 0.2) is 11.5 Å². The second-order valence-electron chi connectivity index (χ2n) is 10.9. The zero-order valence-corrected chi connectivity index (χ0v) is 26.2. The van der Waals surface area contributed by atoms with E-state index in [4.69, 9.17) is 21.1 Å². The number of hydrogen-bond acceptors (Lipinski definition) is 6. The van der Waals surface area contributed by atoms with Gasteiger partial charge in [-0.05, 0) is 41.7 Å². The molecule has 11 heteroatoms. The average Bonchev–Trinajstić information content (AvgIpc) is 3.44. The van der Waals surface area contributed by atoms with Crippen molar-refractivity contribution in [1.82, 2.24) is 10.2 Å². The number of carbonyl (C=O) groups excluding carboxylic acids is 2. The first kappa shape index (κ1) is 32.2. The molecule has 230 valence electrons. The molecule has 0 spiro atoms. The first-order valence-electron chi connectivity index (χ1n) is 14.2. The normalized spacial score (nSPS) is 13.0. The minimum Gasteiger partial charge on any atom is -0.454 e. The fourth-order valence-corrected chi connectivity index (χ4v) is 5.98. The van der Waals surface area contributed by atoms with Crippen LogP contribution in [0.25, 0.3) is 0 Å². The smallest absolute Gasteiger partial charge is 0.243 e. The quantitative estimate of drug-likeness (QED) is 0.269. The number of anilines is 1. The summed E-state index contributed by atoms with van der Waals surface area (Å²) in [4.78, 5) is 29.1. The van der Waals surface area contributed by atoms with E-state index in [-0.39, 0.29) is 50.5 Å². The van der Waals surface area contributed by atoms with Crippen LogP contribution in [0.2, 0.25) is 5.02 Å². The van der Waals surface area contributed by atoms with Gasteiger partial charge in [-0.25, -0.2) is 8.42 Å². The second kappa shape index (κ2) is 14.6. The molecule has 0 aromatic heterocycles. The lowest BCUT2D eigenvalue weighted by molar-refractivity contribution is -0.141. The van der Waals surface area contributed by atoms with Crippen molar-refractivity contribution in [3.63, 3.8) is 0 Å². The third-order valence-corrected chi connectivity index (χ3v) is 8.61. The molecule has 0 bridgehead atoms. The highest BCUT2D eigenvalue weighted by Gasteiger charge is 2.31. The number of nitrogens with zero attached hydrogens (tertiary/aromatic N) is 2. The lowest BCUT2D eigenvalue weighted by atomic mass is 10.0. The summed E-state index contributed by atoms with van der Waals surface area (Å²) in [5.41, 5.74) is 2.04. The van der Waals surface area contributed by atoms with Crippen molar-refractivity contribution in [2.24, 2.45) is 5.92 Å². The van der Waals surface area contributed by atoms with Crippen LogP contribution >= 0.6 is 11.6 Å². The lowest BCUT2D eigenvalue weighted by Gasteiger charge is -2.32. The zero-order chi connectivity index (χ0) is 31.0. The molecule has 1 heterocycles. The fraction of sp³-hybridized carbons (Fsp3) is 0.375. The Balaban J connectivity index is 1.58. The molecule has 3 aromatic carbocycles. The van der Waals surface area contributed by atoms with Crippen molar-refractivity contribution in [3.8, 4) is 11.5 Å². The molecule has 2 amide bonds. The van der Waals surface area contributed by atoms with E-state index in [1.807, 2.05) is 62.4 Å². The summed E-state index contributed by atoms with van der Waals surface area (Å²) in [6.07, 6.45) is 1.68. The van der Waals surface area contributed by atoms with E-state index in [0.717, 1.165) is 11.8 Å². The molecule has 0 aliphatic carbocycles. The Kier molecular flexibility index (Phi) is 10.9. The van der Waals surface area contributed by atoms with E-state index in [1.54, 1.807) is 29.2 Å². The summed E-state index contributed by atoms with van der Waals surface area (Å²) in [7, 11) is -3.66. The SMILES string of the molecule is CC(C)CNC(=O)[C@H](Cc1ccccc1)N(Cc1ccccc1Cl)C(=O)CCCN(c1ccc2c(c1)OCO2)S(C)(=O)=O. The Labute approximate surface area is 258 Å². The number of benzene rings is 3. The number of fused-ring (bicyclic) bond motifs is 1. The molecule has 1 atom stereocenters. The Hall–Kier alpha value is -3.76. The minimum atomic E-state index is -3.66. The monoisotopic (exact) mass is 627 g/mol. The molecular weight excluding hydrogens is 590 g/mol. The predicted molar refractivity (Wildman–Crippen MR) is 168 cm³/mol. The highest BCUT2D eigenvalue weighted by atomic mass is 35.5. The van der Waals surface area contributed by atoms with Crippen LogP contribution in [0.1, 0.15) is 37.8 Å². The summed E-state index contributed by atoms with van der Waals surface area (Å²) < 4.78 is 37.5. The van der Waals surface area contributed by atoms with Crippen molar-refractivity contribution in [2.45, 2.75) is 45.7 Å². The Morgan fingerprint density at radius 3 is 2.37 bits per heavy atom. The van der Waals surface area contributed by atoms with Gasteiger partial charge in [0.2, 0.25) is 28.6 Å². The molecule has 9 nitrogen and oxygen atoms in total. The molecule has 3 aromatic rings. The van der Waals surface area contributed by atoms with Crippen LogP contribution < -0.4 is 19.1 Å². The van der Waals surface area contributed by atoms with Crippen molar-refractivity contribution in [3.05, 3.63) is 88.9 Å². The Bertz CT molecular complexity index is 1520. The van der Waals surface area contributed by atoms with E-state index in [0.29, 0.717) is 40.7 Å². The van der Waals surface area contributed by atoms with Gasteiger partial charge in [0.25, 0.3) is 0 Å². The summed E-state index contributed by atoms with van der Waals surface area (Å²) in [6, 6.07) is 20.9. The summed E-state index contributed by atoms with van der Waals surface area (Å²) >= 11 is 6.49. The van der Waals surface area contributed by atoms with Gasteiger partial charge in [-0.1, -0.05) is 74.0 Å². The number of carbonyl (C=O) groups is 2. The van der Waals surface area contributed by atoms with Gasteiger partial charge in [0.1, 0.15) is 6.04 Å². The first-order chi connectivity index (χ1) is 20.5. The van der Waals surface area contributed by atoms with E-state index in [9.17, 15) is 18.0 Å². The van der Waals surface area contributed by atoms with Gasteiger partial charge in [-0.3, -0.25) is 13.9 Å².